The summed E-state index contributed by atoms with van der Waals surface area (Å²) in [6.07, 6.45) is 2.81. The molecule has 6 nitrogen and oxygen atoms in total. The van der Waals surface area contributed by atoms with Gasteiger partial charge in [-0.15, -0.1) is 10.2 Å². The van der Waals surface area contributed by atoms with Crippen LogP contribution in [0.15, 0.2) is 4.42 Å². The van der Waals surface area contributed by atoms with Gasteiger partial charge in [-0.2, -0.15) is 0 Å². The second-order valence-corrected chi connectivity index (χ2v) is 4.23. The van der Waals surface area contributed by atoms with Gasteiger partial charge in [0.25, 0.3) is 0 Å². The lowest BCUT2D eigenvalue weighted by atomic mass is 10.3. The number of nitrogens with one attached hydrogen (secondary N) is 1. The number of aromatic nitrogens is 2. The molecule has 1 N–H and O–H groups in total. The molecule has 0 radical (unpaired) electrons. The minimum absolute atomic E-state index is 0.233. The summed E-state index contributed by atoms with van der Waals surface area (Å²) >= 11 is 0. The third-order valence-corrected chi connectivity index (χ3v) is 2.82. The maximum absolute atomic E-state index is 11.7. The predicted molar refractivity (Wildman–Crippen MR) is 61.2 cm³/mol. The first-order valence-electron chi connectivity index (χ1n) is 6.03. The first kappa shape index (κ1) is 12.0. The van der Waals surface area contributed by atoms with Gasteiger partial charge in [0, 0.05) is 33.0 Å². The highest BCUT2D eigenvalue weighted by atomic mass is 16.4. The molecule has 1 aromatic heterocycles. The molecule has 0 atom stereocenters. The van der Waals surface area contributed by atoms with E-state index < -0.39 is 0 Å². The summed E-state index contributed by atoms with van der Waals surface area (Å²) < 4.78 is 5.21. The molecule has 6 heteroatoms. The third-order valence-electron chi connectivity index (χ3n) is 2.82. The molecule has 1 aliphatic heterocycles. The first-order chi connectivity index (χ1) is 8.25. The molecule has 94 valence electrons. The SMILES string of the molecule is Cc1nnc(CNCCC(=O)N2CCCC2)o1. The highest BCUT2D eigenvalue weighted by Crippen LogP contribution is 2.08. The van der Waals surface area contributed by atoms with E-state index in [0.29, 0.717) is 31.3 Å². The van der Waals surface area contributed by atoms with Gasteiger partial charge in [-0.25, -0.2) is 0 Å². The highest BCUT2D eigenvalue weighted by molar-refractivity contribution is 5.76. The van der Waals surface area contributed by atoms with E-state index in [4.69, 9.17) is 4.42 Å². The van der Waals surface area contributed by atoms with Crippen LogP contribution in [0.2, 0.25) is 0 Å². The molecular weight excluding hydrogens is 220 g/mol. The molecule has 0 saturated carbocycles. The maximum atomic E-state index is 11.7. The average Bonchev–Trinajstić information content (AvgIpc) is 2.95. The second kappa shape index (κ2) is 5.77. The van der Waals surface area contributed by atoms with Crippen molar-refractivity contribution in [1.29, 1.82) is 0 Å². The summed E-state index contributed by atoms with van der Waals surface area (Å²) in [5.74, 6) is 1.36. The summed E-state index contributed by atoms with van der Waals surface area (Å²) in [5, 5.41) is 10.7. The largest absolute Gasteiger partial charge is 0.424 e. The number of carbonyl (C=O) groups is 1. The number of nitrogens with zero attached hydrogens (tertiary/aromatic N) is 3. The van der Waals surface area contributed by atoms with Crippen LogP contribution in [0.4, 0.5) is 0 Å². The highest BCUT2D eigenvalue weighted by Gasteiger charge is 2.16. The molecule has 1 amide bonds. The fourth-order valence-electron chi connectivity index (χ4n) is 1.92. The lowest BCUT2D eigenvalue weighted by molar-refractivity contribution is -0.130. The Morgan fingerprint density at radius 2 is 2.18 bits per heavy atom. The number of carbonyl (C=O) groups excluding carboxylic acids is 1. The van der Waals surface area contributed by atoms with Gasteiger partial charge in [0.1, 0.15) is 0 Å². The smallest absolute Gasteiger partial charge is 0.230 e. The summed E-state index contributed by atoms with van der Waals surface area (Å²) in [7, 11) is 0. The van der Waals surface area contributed by atoms with E-state index in [9.17, 15) is 4.79 Å². The van der Waals surface area contributed by atoms with E-state index in [1.807, 2.05) is 4.90 Å². The van der Waals surface area contributed by atoms with Gasteiger partial charge < -0.3 is 14.6 Å². The Morgan fingerprint density at radius 1 is 1.41 bits per heavy atom. The van der Waals surface area contributed by atoms with Gasteiger partial charge in [0.15, 0.2) is 0 Å². The van der Waals surface area contributed by atoms with Crippen molar-refractivity contribution in [2.75, 3.05) is 19.6 Å². The molecule has 0 spiro atoms. The second-order valence-electron chi connectivity index (χ2n) is 4.23. The van der Waals surface area contributed by atoms with E-state index >= 15 is 0 Å². The van der Waals surface area contributed by atoms with Crippen molar-refractivity contribution in [1.82, 2.24) is 20.4 Å². The summed E-state index contributed by atoms with van der Waals surface area (Å²) in [5.41, 5.74) is 0. The quantitative estimate of drug-likeness (QED) is 0.755. The monoisotopic (exact) mass is 238 g/mol. The van der Waals surface area contributed by atoms with Crippen molar-refractivity contribution in [3.05, 3.63) is 11.8 Å². The Morgan fingerprint density at radius 3 is 2.82 bits per heavy atom. The minimum atomic E-state index is 0.233. The molecule has 1 saturated heterocycles. The van der Waals surface area contributed by atoms with Crippen molar-refractivity contribution in [3.63, 3.8) is 0 Å². The molecule has 1 fully saturated rings. The van der Waals surface area contributed by atoms with E-state index in [2.05, 4.69) is 15.5 Å². The molecule has 0 aliphatic carbocycles. The Kier molecular flexibility index (Phi) is 4.08. The van der Waals surface area contributed by atoms with E-state index in [1.54, 1.807) is 6.92 Å². The van der Waals surface area contributed by atoms with Crippen molar-refractivity contribution >= 4 is 5.91 Å². The number of aryl methyl sites for hydroxylation is 1. The third kappa shape index (κ3) is 3.52. The Balaban J connectivity index is 1.61. The number of hydrogen-bond acceptors (Lipinski definition) is 5. The molecular formula is C11H18N4O2. The number of rotatable bonds is 5. The molecule has 0 unspecified atom stereocenters. The number of amides is 1. The zero-order valence-corrected chi connectivity index (χ0v) is 10.1. The average molecular weight is 238 g/mol. The van der Waals surface area contributed by atoms with Gasteiger partial charge in [-0.05, 0) is 12.8 Å². The molecule has 2 rings (SSSR count). The lowest BCUT2D eigenvalue weighted by Gasteiger charge is -2.14. The molecule has 17 heavy (non-hydrogen) atoms. The van der Waals surface area contributed by atoms with Crippen LogP contribution < -0.4 is 5.32 Å². The van der Waals surface area contributed by atoms with E-state index in [1.165, 1.54) is 0 Å². The zero-order valence-electron chi connectivity index (χ0n) is 10.1. The summed E-state index contributed by atoms with van der Waals surface area (Å²) in [6, 6.07) is 0. The molecule has 1 aliphatic rings. The lowest BCUT2D eigenvalue weighted by Crippen LogP contribution is -2.30. The van der Waals surface area contributed by atoms with Gasteiger partial charge >= 0.3 is 0 Å². The van der Waals surface area contributed by atoms with Crippen LogP contribution in [-0.2, 0) is 11.3 Å². The van der Waals surface area contributed by atoms with E-state index in [-0.39, 0.29) is 5.91 Å². The van der Waals surface area contributed by atoms with Crippen molar-refractivity contribution in [2.45, 2.75) is 32.7 Å². The van der Waals surface area contributed by atoms with Crippen molar-refractivity contribution < 1.29 is 9.21 Å². The van der Waals surface area contributed by atoms with Crippen LogP contribution in [0.25, 0.3) is 0 Å². The van der Waals surface area contributed by atoms with Crippen LogP contribution in [0.3, 0.4) is 0 Å². The van der Waals surface area contributed by atoms with Crippen molar-refractivity contribution in [3.8, 4) is 0 Å². The van der Waals surface area contributed by atoms with Crippen LogP contribution >= 0.6 is 0 Å². The first-order valence-corrected chi connectivity index (χ1v) is 6.03. The molecule has 1 aromatic rings. The van der Waals surface area contributed by atoms with Gasteiger partial charge in [0.05, 0.1) is 6.54 Å². The van der Waals surface area contributed by atoms with Crippen molar-refractivity contribution in [2.24, 2.45) is 0 Å². The number of hydrogen-bond donors (Lipinski definition) is 1. The van der Waals surface area contributed by atoms with Gasteiger partial charge in [-0.3, -0.25) is 4.79 Å². The Labute approximate surface area is 100 Å². The molecule has 0 bridgehead atoms. The minimum Gasteiger partial charge on any atom is -0.424 e. The van der Waals surface area contributed by atoms with Crippen LogP contribution in [-0.4, -0.2) is 40.6 Å². The fraction of sp³-hybridized carbons (Fsp3) is 0.727. The molecule has 2 heterocycles. The van der Waals surface area contributed by atoms with Gasteiger partial charge in [-0.1, -0.05) is 0 Å². The zero-order chi connectivity index (χ0) is 12.1. The topological polar surface area (TPSA) is 71.3 Å². The number of likely N-dealkylation sites (tertiary alicyclic amines) is 1. The standard InChI is InChI=1S/C11H18N4O2/c1-9-13-14-10(17-9)8-12-5-4-11(16)15-6-2-3-7-15/h12H,2-8H2,1H3. The normalized spacial score (nSPS) is 15.5. The van der Waals surface area contributed by atoms with Crippen LogP contribution in [0.5, 0.6) is 0 Å². The Bertz CT molecular complexity index is 371. The van der Waals surface area contributed by atoms with Crippen LogP contribution in [0.1, 0.15) is 31.0 Å². The van der Waals surface area contributed by atoms with Crippen LogP contribution in [0, 0.1) is 6.92 Å². The maximum Gasteiger partial charge on any atom is 0.230 e. The summed E-state index contributed by atoms with van der Waals surface area (Å²) in [4.78, 5) is 13.6. The van der Waals surface area contributed by atoms with Gasteiger partial charge in [0.2, 0.25) is 17.7 Å². The summed E-state index contributed by atoms with van der Waals surface area (Å²) in [6.45, 7) is 4.77. The predicted octanol–water partition coefficient (Wildman–Crippen LogP) is 0.480. The van der Waals surface area contributed by atoms with E-state index in [0.717, 1.165) is 25.9 Å². The fourth-order valence-corrected chi connectivity index (χ4v) is 1.92. The Hall–Kier alpha value is -1.43. The molecule has 0 aromatic carbocycles.